The monoisotopic (exact) mass is 304 g/mol. The van der Waals surface area contributed by atoms with Crippen LogP contribution in [0.5, 0.6) is 0 Å². The normalized spacial score (nSPS) is 11.2. The van der Waals surface area contributed by atoms with Gasteiger partial charge in [0.1, 0.15) is 6.54 Å². The number of aryl methyl sites for hydroxylation is 3. The molecule has 2 heterocycles. The minimum absolute atomic E-state index is 0.214. The van der Waals surface area contributed by atoms with Gasteiger partial charge < -0.3 is 10.0 Å². The van der Waals surface area contributed by atoms with Crippen LogP contribution in [0.4, 0.5) is 0 Å². The summed E-state index contributed by atoms with van der Waals surface area (Å²) in [5.74, 6) is -1.36. The number of aliphatic carboxylic acids is 1. The standard InChI is InChI=1S/C15H20N4O3/c1-8(2)19(7-13(20)21)15(22)12-6-11-10(4)17-18(5)14(11)16-9(12)3/h6,8H,7H2,1-5H3,(H,20,21). The van der Waals surface area contributed by atoms with E-state index in [9.17, 15) is 9.59 Å². The Kier molecular flexibility index (Phi) is 4.16. The predicted molar refractivity (Wildman–Crippen MR) is 81.8 cm³/mol. The SMILES string of the molecule is Cc1nc2c(cc1C(=O)N(CC(=O)O)C(C)C)c(C)nn2C. The molecule has 0 atom stereocenters. The zero-order valence-electron chi connectivity index (χ0n) is 13.4. The number of carboxylic acid groups (broad SMARTS) is 1. The molecule has 1 N–H and O–H groups in total. The number of pyridine rings is 1. The van der Waals surface area contributed by atoms with E-state index in [4.69, 9.17) is 5.11 Å². The van der Waals surface area contributed by atoms with E-state index in [-0.39, 0.29) is 18.5 Å². The van der Waals surface area contributed by atoms with E-state index in [0.29, 0.717) is 16.9 Å². The molecular formula is C15H20N4O3. The van der Waals surface area contributed by atoms with Gasteiger partial charge in [-0.05, 0) is 33.8 Å². The lowest BCUT2D eigenvalue weighted by Gasteiger charge is -2.25. The van der Waals surface area contributed by atoms with Gasteiger partial charge in [0, 0.05) is 18.5 Å². The van der Waals surface area contributed by atoms with Crippen LogP contribution in [0.2, 0.25) is 0 Å². The molecule has 22 heavy (non-hydrogen) atoms. The van der Waals surface area contributed by atoms with Crippen molar-refractivity contribution in [2.75, 3.05) is 6.54 Å². The largest absolute Gasteiger partial charge is 0.480 e. The fraction of sp³-hybridized carbons (Fsp3) is 0.467. The summed E-state index contributed by atoms with van der Waals surface area (Å²) in [4.78, 5) is 29.4. The predicted octanol–water partition coefficient (Wildman–Crippen LogP) is 1.52. The number of fused-ring (bicyclic) bond motifs is 1. The molecule has 0 aliphatic carbocycles. The highest BCUT2D eigenvalue weighted by Crippen LogP contribution is 2.21. The van der Waals surface area contributed by atoms with E-state index in [2.05, 4.69) is 10.1 Å². The Morgan fingerprint density at radius 1 is 1.32 bits per heavy atom. The molecule has 0 saturated carbocycles. The van der Waals surface area contributed by atoms with Crippen molar-refractivity contribution < 1.29 is 14.7 Å². The Labute approximate surface area is 128 Å². The molecule has 2 rings (SSSR count). The second-order valence-corrected chi connectivity index (χ2v) is 5.62. The van der Waals surface area contributed by atoms with Crippen molar-refractivity contribution in [2.24, 2.45) is 7.05 Å². The van der Waals surface area contributed by atoms with Crippen LogP contribution in [0.3, 0.4) is 0 Å². The van der Waals surface area contributed by atoms with Crippen molar-refractivity contribution in [3.63, 3.8) is 0 Å². The molecule has 0 spiro atoms. The van der Waals surface area contributed by atoms with Gasteiger partial charge in [-0.3, -0.25) is 14.3 Å². The maximum atomic E-state index is 12.7. The van der Waals surface area contributed by atoms with Crippen LogP contribution in [0.25, 0.3) is 11.0 Å². The number of carboxylic acids is 1. The van der Waals surface area contributed by atoms with Gasteiger partial charge in [-0.2, -0.15) is 5.10 Å². The van der Waals surface area contributed by atoms with Crippen LogP contribution in [0.1, 0.15) is 35.6 Å². The molecule has 2 aromatic rings. The van der Waals surface area contributed by atoms with Crippen LogP contribution in [0.15, 0.2) is 6.07 Å². The fourth-order valence-corrected chi connectivity index (χ4v) is 2.44. The first-order chi connectivity index (χ1) is 10.2. The Bertz CT molecular complexity index is 749. The van der Waals surface area contributed by atoms with Crippen molar-refractivity contribution in [3.05, 3.63) is 23.0 Å². The van der Waals surface area contributed by atoms with Gasteiger partial charge in [-0.25, -0.2) is 4.98 Å². The van der Waals surface area contributed by atoms with Crippen LogP contribution in [0, 0.1) is 13.8 Å². The second kappa shape index (κ2) is 5.75. The maximum absolute atomic E-state index is 12.7. The van der Waals surface area contributed by atoms with Gasteiger partial charge in [0.05, 0.1) is 17.0 Å². The minimum atomic E-state index is -1.04. The molecule has 1 amide bonds. The van der Waals surface area contributed by atoms with Gasteiger partial charge in [0.15, 0.2) is 5.65 Å². The van der Waals surface area contributed by atoms with Crippen molar-refractivity contribution in [1.82, 2.24) is 19.7 Å². The van der Waals surface area contributed by atoms with Gasteiger partial charge in [-0.15, -0.1) is 0 Å². The minimum Gasteiger partial charge on any atom is -0.480 e. The van der Waals surface area contributed by atoms with E-state index >= 15 is 0 Å². The molecule has 0 aliphatic rings. The van der Waals surface area contributed by atoms with E-state index in [1.165, 1.54) is 4.90 Å². The molecule has 2 aromatic heterocycles. The highest BCUT2D eigenvalue weighted by Gasteiger charge is 2.24. The Balaban J connectivity index is 2.52. The van der Waals surface area contributed by atoms with E-state index in [0.717, 1.165) is 11.1 Å². The van der Waals surface area contributed by atoms with Crippen LogP contribution >= 0.6 is 0 Å². The topological polar surface area (TPSA) is 88.3 Å². The summed E-state index contributed by atoms with van der Waals surface area (Å²) in [6.45, 7) is 6.84. The van der Waals surface area contributed by atoms with Crippen LogP contribution in [-0.2, 0) is 11.8 Å². The summed E-state index contributed by atoms with van der Waals surface area (Å²) >= 11 is 0. The quantitative estimate of drug-likeness (QED) is 0.925. The highest BCUT2D eigenvalue weighted by atomic mass is 16.4. The molecule has 0 aromatic carbocycles. The summed E-state index contributed by atoms with van der Waals surface area (Å²) in [6.07, 6.45) is 0. The zero-order valence-corrected chi connectivity index (χ0v) is 13.4. The Hall–Kier alpha value is -2.44. The number of rotatable bonds is 4. The van der Waals surface area contributed by atoms with Crippen molar-refractivity contribution >= 4 is 22.9 Å². The lowest BCUT2D eigenvalue weighted by Crippen LogP contribution is -2.41. The Morgan fingerprint density at radius 2 is 1.95 bits per heavy atom. The summed E-state index contributed by atoms with van der Waals surface area (Å²) in [6, 6.07) is 1.54. The molecular weight excluding hydrogens is 284 g/mol. The van der Waals surface area contributed by atoms with E-state index in [1.807, 2.05) is 6.92 Å². The fourth-order valence-electron chi connectivity index (χ4n) is 2.44. The molecule has 0 unspecified atom stereocenters. The number of hydrogen-bond acceptors (Lipinski definition) is 4. The zero-order chi connectivity index (χ0) is 16.6. The molecule has 0 radical (unpaired) electrons. The number of carbonyl (C=O) groups is 2. The number of carbonyl (C=O) groups excluding carboxylic acids is 1. The Morgan fingerprint density at radius 3 is 2.50 bits per heavy atom. The molecule has 0 fully saturated rings. The molecule has 7 nitrogen and oxygen atoms in total. The summed E-state index contributed by atoms with van der Waals surface area (Å²) in [5, 5.41) is 14.1. The summed E-state index contributed by atoms with van der Waals surface area (Å²) in [5.41, 5.74) is 2.48. The number of hydrogen-bond donors (Lipinski definition) is 1. The molecule has 118 valence electrons. The molecule has 0 saturated heterocycles. The van der Waals surface area contributed by atoms with Crippen molar-refractivity contribution in [2.45, 2.75) is 33.7 Å². The van der Waals surface area contributed by atoms with Crippen LogP contribution < -0.4 is 0 Å². The third-order valence-corrected chi connectivity index (χ3v) is 3.61. The van der Waals surface area contributed by atoms with E-state index < -0.39 is 5.97 Å². The van der Waals surface area contributed by atoms with E-state index in [1.54, 1.807) is 38.6 Å². The first-order valence-electron chi connectivity index (χ1n) is 7.06. The van der Waals surface area contributed by atoms with Gasteiger partial charge in [0.2, 0.25) is 0 Å². The highest BCUT2D eigenvalue weighted by molar-refractivity contribution is 5.99. The van der Waals surface area contributed by atoms with Gasteiger partial charge in [0.25, 0.3) is 5.91 Å². The van der Waals surface area contributed by atoms with Crippen molar-refractivity contribution in [3.8, 4) is 0 Å². The van der Waals surface area contributed by atoms with Crippen LogP contribution in [-0.4, -0.2) is 49.2 Å². The lowest BCUT2D eigenvalue weighted by atomic mass is 10.1. The lowest BCUT2D eigenvalue weighted by molar-refractivity contribution is -0.138. The summed E-state index contributed by atoms with van der Waals surface area (Å²) < 4.78 is 1.67. The molecule has 7 heteroatoms. The first kappa shape index (κ1) is 15.9. The maximum Gasteiger partial charge on any atom is 0.323 e. The van der Waals surface area contributed by atoms with Gasteiger partial charge in [-0.1, -0.05) is 0 Å². The van der Waals surface area contributed by atoms with Gasteiger partial charge >= 0.3 is 5.97 Å². The van der Waals surface area contributed by atoms with Crippen molar-refractivity contribution in [1.29, 1.82) is 0 Å². The summed E-state index contributed by atoms with van der Waals surface area (Å²) in [7, 11) is 1.80. The molecule has 0 aliphatic heterocycles. The number of aromatic nitrogens is 3. The average Bonchev–Trinajstić information content (AvgIpc) is 2.68. The third-order valence-electron chi connectivity index (χ3n) is 3.61. The average molecular weight is 304 g/mol. The molecule has 0 bridgehead atoms. The first-order valence-corrected chi connectivity index (χ1v) is 7.06. The second-order valence-electron chi connectivity index (χ2n) is 5.62. The smallest absolute Gasteiger partial charge is 0.323 e. The number of nitrogens with zero attached hydrogens (tertiary/aromatic N) is 4. The number of amides is 1. The third kappa shape index (κ3) is 2.79.